The molecule has 1 N–H and O–H groups in total. The maximum Gasteiger partial charge on any atom is 0.253 e. The molecule has 2 unspecified atom stereocenters. The molecule has 3 aliphatic heterocycles. The fraction of sp³-hybridized carbons (Fsp3) is 0.474. The maximum absolute atomic E-state index is 14.6. The first kappa shape index (κ1) is 31.7. The summed E-state index contributed by atoms with van der Waals surface area (Å²) in [5.41, 5.74) is 3.79. The van der Waals surface area contributed by atoms with Crippen LogP contribution in [0.3, 0.4) is 0 Å². The van der Waals surface area contributed by atoms with Crippen LogP contribution in [0.25, 0.3) is 11.0 Å². The normalized spacial score (nSPS) is 24.3. The predicted octanol–water partition coefficient (Wildman–Crippen LogP) is 6.36. The number of carbonyl (C=O) groups excluding carboxylic acids is 1. The number of sulfonamides is 1. The molecule has 4 aromatic rings. The summed E-state index contributed by atoms with van der Waals surface area (Å²) < 4.78 is 45.3. The Hall–Kier alpha value is -3.60. The molecule has 4 fully saturated rings. The van der Waals surface area contributed by atoms with Crippen molar-refractivity contribution in [3.63, 3.8) is 0 Å². The van der Waals surface area contributed by atoms with Gasteiger partial charge in [0.2, 0.25) is 10.0 Å². The average molecular weight is 670 g/mol. The number of rotatable bonds is 9. The number of piperidine rings is 2. The number of imidazole rings is 1. The molecule has 2 atom stereocenters. The van der Waals surface area contributed by atoms with Crippen molar-refractivity contribution in [1.29, 1.82) is 0 Å². The van der Waals surface area contributed by atoms with Crippen LogP contribution >= 0.6 is 0 Å². The highest BCUT2D eigenvalue weighted by atomic mass is 32.2. The summed E-state index contributed by atoms with van der Waals surface area (Å²) in [6.07, 6.45) is 8.92. The van der Waals surface area contributed by atoms with Crippen molar-refractivity contribution in [3.05, 3.63) is 95.6 Å². The van der Waals surface area contributed by atoms with Gasteiger partial charge < -0.3 is 9.47 Å². The summed E-state index contributed by atoms with van der Waals surface area (Å²) in [7, 11) is -4.02. The highest BCUT2D eigenvalue weighted by molar-refractivity contribution is 7.89. The van der Waals surface area contributed by atoms with Gasteiger partial charge in [0.15, 0.2) is 0 Å². The first-order chi connectivity index (χ1) is 23.2. The number of benzene rings is 3. The molecule has 8 nitrogen and oxygen atoms in total. The van der Waals surface area contributed by atoms with Crippen LogP contribution in [0.2, 0.25) is 0 Å². The van der Waals surface area contributed by atoms with E-state index in [4.69, 9.17) is 4.98 Å². The summed E-state index contributed by atoms with van der Waals surface area (Å²) in [4.78, 5) is 22.7. The van der Waals surface area contributed by atoms with Gasteiger partial charge in [-0.1, -0.05) is 42.5 Å². The van der Waals surface area contributed by atoms with Crippen molar-refractivity contribution in [2.45, 2.75) is 99.2 Å². The van der Waals surface area contributed by atoms with E-state index in [2.05, 4.69) is 75.7 Å². The van der Waals surface area contributed by atoms with Gasteiger partial charge in [0, 0.05) is 42.8 Å². The van der Waals surface area contributed by atoms with Gasteiger partial charge in [0.1, 0.15) is 16.5 Å². The third kappa shape index (κ3) is 5.86. The summed E-state index contributed by atoms with van der Waals surface area (Å²) in [6, 6.07) is 24.4. The zero-order valence-electron chi connectivity index (χ0n) is 27.5. The van der Waals surface area contributed by atoms with Crippen molar-refractivity contribution in [3.8, 4) is 0 Å². The predicted molar refractivity (Wildman–Crippen MR) is 184 cm³/mol. The van der Waals surface area contributed by atoms with E-state index in [-0.39, 0.29) is 22.9 Å². The van der Waals surface area contributed by atoms with Crippen LogP contribution in [0.5, 0.6) is 0 Å². The number of likely N-dealkylation sites (tertiary alicyclic amines) is 1. The van der Waals surface area contributed by atoms with E-state index in [1.807, 2.05) is 4.90 Å². The first-order valence-corrected chi connectivity index (χ1v) is 19.1. The Labute approximate surface area is 282 Å². The molecule has 1 aromatic heterocycles. The van der Waals surface area contributed by atoms with Gasteiger partial charge in [-0.3, -0.25) is 9.69 Å². The Morgan fingerprint density at radius 2 is 1.60 bits per heavy atom. The van der Waals surface area contributed by atoms with Gasteiger partial charge in [-0.05, 0) is 113 Å². The second-order valence-corrected chi connectivity index (χ2v) is 16.2. The van der Waals surface area contributed by atoms with Crippen LogP contribution in [-0.2, 0) is 15.4 Å². The number of nitrogens with zero attached hydrogens (tertiary/aromatic N) is 4. The first-order valence-electron chi connectivity index (χ1n) is 17.6. The van der Waals surface area contributed by atoms with Gasteiger partial charge >= 0.3 is 0 Å². The zero-order valence-corrected chi connectivity index (χ0v) is 28.3. The monoisotopic (exact) mass is 669 g/mol. The van der Waals surface area contributed by atoms with Crippen LogP contribution in [0.4, 0.5) is 4.39 Å². The van der Waals surface area contributed by atoms with E-state index in [0.717, 1.165) is 68.9 Å². The Morgan fingerprint density at radius 3 is 2.31 bits per heavy atom. The highest BCUT2D eigenvalue weighted by Gasteiger charge is 2.44. The lowest BCUT2D eigenvalue weighted by atomic mass is 9.70. The Morgan fingerprint density at radius 1 is 0.917 bits per heavy atom. The number of hydrogen-bond acceptors (Lipinski definition) is 5. The van der Waals surface area contributed by atoms with Crippen LogP contribution in [0.1, 0.15) is 85.6 Å². The van der Waals surface area contributed by atoms with Crippen LogP contribution < -0.4 is 4.72 Å². The number of aryl methyl sites for hydroxylation is 1. The van der Waals surface area contributed by atoms with E-state index in [1.54, 1.807) is 0 Å². The summed E-state index contributed by atoms with van der Waals surface area (Å²) in [5, 5.41) is 0. The second-order valence-electron chi connectivity index (χ2n) is 14.5. The minimum absolute atomic E-state index is 0.0586. The molecule has 4 heterocycles. The number of hydrogen-bond donors (Lipinski definition) is 1. The van der Waals surface area contributed by atoms with E-state index in [9.17, 15) is 17.6 Å². The number of fused-ring (bicyclic) bond motifs is 3. The van der Waals surface area contributed by atoms with Crippen molar-refractivity contribution < 1.29 is 17.6 Å². The fourth-order valence-electron chi connectivity index (χ4n) is 8.91. The SMILES string of the molecule is Cc1nc2ccccc2n1C1CC2CCC(C1)N2CCC1(c2ccccc2)CCN(C(=O)c2ccc(F)c(S(=O)(=O)NC3CC3)c2)CC1. The lowest BCUT2D eigenvalue weighted by Crippen LogP contribution is -2.49. The molecule has 0 spiro atoms. The number of halogens is 1. The molecule has 0 radical (unpaired) electrons. The number of nitrogens with one attached hydrogen (secondary N) is 1. The van der Waals surface area contributed by atoms with Gasteiger partial charge in [-0.15, -0.1) is 0 Å². The number of para-hydroxylation sites is 2. The van der Waals surface area contributed by atoms with Gasteiger partial charge in [-0.2, -0.15) is 0 Å². The highest BCUT2D eigenvalue weighted by Crippen LogP contribution is 2.45. The third-order valence-electron chi connectivity index (χ3n) is 11.6. The molecule has 1 aliphatic carbocycles. The minimum Gasteiger partial charge on any atom is -0.339 e. The molecule has 3 saturated heterocycles. The molecule has 4 aliphatic rings. The van der Waals surface area contributed by atoms with Crippen molar-refractivity contribution >= 4 is 27.0 Å². The summed E-state index contributed by atoms with van der Waals surface area (Å²) in [5.74, 6) is 0.0155. The Bertz CT molecular complexity index is 1920. The molecule has 2 bridgehead atoms. The number of carbonyl (C=O) groups is 1. The quantitative estimate of drug-likeness (QED) is 0.224. The van der Waals surface area contributed by atoms with E-state index < -0.39 is 20.7 Å². The van der Waals surface area contributed by atoms with Gasteiger partial charge in [0.25, 0.3) is 5.91 Å². The molecule has 10 heteroatoms. The molecule has 252 valence electrons. The van der Waals surface area contributed by atoms with Crippen molar-refractivity contribution in [2.75, 3.05) is 19.6 Å². The average Bonchev–Trinajstić information content (AvgIpc) is 3.78. The van der Waals surface area contributed by atoms with Crippen LogP contribution in [-0.4, -0.2) is 71.4 Å². The molecule has 48 heavy (non-hydrogen) atoms. The van der Waals surface area contributed by atoms with Gasteiger partial charge in [-0.25, -0.2) is 22.5 Å². The van der Waals surface area contributed by atoms with E-state index >= 15 is 0 Å². The van der Waals surface area contributed by atoms with Crippen molar-refractivity contribution in [2.24, 2.45) is 0 Å². The molecule has 3 aromatic carbocycles. The molecular weight excluding hydrogens is 626 g/mol. The lowest BCUT2D eigenvalue weighted by molar-refractivity contribution is 0.0606. The Balaban J connectivity index is 0.967. The van der Waals surface area contributed by atoms with Crippen molar-refractivity contribution in [1.82, 2.24) is 24.1 Å². The van der Waals surface area contributed by atoms with E-state index in [1.165, 1.54) is 36.1 Å². The van der Waals surface area contributed by atoms with Crippen LogP contribution in [0.15, 0.2) is 77.7 Å². The molecule has 1 amide bonds. The second kappa shape index (κ2) is 12.4. The standard InChI is InChI=1S/C38H44FN5O3S/c1-26-40-34-9-5-6-10-35(34)44(26)32-24-30-14-15-31(25-32)43(30)22-19-38(28-7-3-2-4-8-28)17-20-42(21-18-38)37(45)27-11-16-33(39)36(23-27)48(46,47)41-29-12-13-29/h2-11,16,23,29-32,41H,12-15,17-22,24-25H2,1H3. The van der Waals surface area contributed by atoms with Gasteiger partial charge in [0.05, 0.1) is 11.0 Å². The molecule has 8 rings (SSSR count). The number of amides is 1. The third-order valence-corrected chi connectivity index (χ3v) is 13.1. The largest absolute Gasteiger partial charge is 0.339 e. The summed E-state index contributed by atoms with van der Waals surface area (Å²) in [6.45, 7) is 4.30. The van der Waals surface area contributed by atoms with E-state index in [0.29, 0.717) is 31.2 Å². The lowest BCUT2D eigenvalue weighted by Gasteiger charge is -2.45. The maximum atomic E-state index is 14.6. The topological polar surface area (TPSA) is 87.5 Å². The minimum atomic E-state index is -4.02. The molecular formula is C38H44FN5O3S. The number of aromatic nitrogens is 2. The smallest absolute Gasteiger partial charge is 0.253 e. The zero-order chi connectivity index (χ0) is 33.0. The molecule has 1 saturated carbocycles. The van der Waals surface area contributed by atoms with Crippen LogP contribution in [0, 0.1) is 12.7 Å². The fourth-order valence-corrected chi connectivity index (χ4v) is 10.3. The summed E-state index contributed by atoms with van der Waals surface area (Å²) >= 11 is 0. The Kier molecular flexibility index (Phi) is 8.16.